The molecule has 1 N–H and O–H groups in total. The van der Waals surface area contributed by atoms with Crippen LogP contribution in [-0.4, -0.2) is 17.3 Å². The summed E-state index contributed by atoms with van der Waals surface area (Å²) in [4.78, 5) is 5.70. The molecule has 0 atom stereocenters. The second-order valence-electron chi connectivity index (χ2n) is 5.28. The van der Waals surface area contributed by atoms with E-state index < -0.39 is 0 Å². The molecule has 2 aromatic rings. The van der Waals surface area contributed by atoms with Crippen molar-refractivity contribution in [1.29, 1.82) is 0 Å². The first-order chi connectivity index (χ1) is 10.3. The molecule has 21 heavy (non-hydrogen) atoms. The summed E-state index contributed by atoms with van der Waals surface area (Å²) in [6.45, 7) is 1.42. The van der Waals surface area contributed by atoms with Crippen LogP contribution >= 0.6 is 11.8 Å². The summed E-state index contributed by atoms with van der Waals surface area (Å²) in [5.74, 6) is 0.883. The van der Waals surface area contributed by atoms with Crippen LogP contribution in [-0.2, 0) is 13.2 Å². The van der Waals surface area contributed by atoms with Crippen LogP contribution in [0.2, 0.25) is 0 Å². The van der Waals surface area contributed by atoms with Gasteiger partial charge in [0.05, 0.1) is 5.69 Å². The van der Waals surface area contributed by atoms with Gasteiger partial charge in [-0.2, -0.15) is 0 Å². The Hall–Kier alpha value is -1.52. The Labute approximate surface area is 130 Å². The van der Waals surface area contributed by atoms with Crippen molar-refractivity contribution >= 4 is 11.8 Å². The number of ether oxygens (including phenoxy) is 1. The van der Waals surface area contributed by atoms with Crippen LogP contribution in [0.3, 0.4) is 0 Å². The summed E-state index contributed by atoms with van der Waals surface area (Å²) in [7, 11) is 0. The minimum absolute atomic E-state index is 0.509. The minimum Gasteiger partial charge on any atom is -0.487 e. The molecule has 1 heterocycles. The van der Waals surface area contributed by atoms with E-state index in [9.17, 15) is 0 Å². The predicted octanol–water partition coefficient (Wildman–Crippen LogP) is 3.63. The van der Waals surface area contributed by atoms with E-state index in [4.69, 9.17) is 4.74 Å². The first kappa shape index (κ1) is 14.4. The molecule has 4 heteroatoms. The number of hydrogen-bond acceptors (Lipinski definition) is 4. The van der Waals surface area contributed by atoms with Gasteiger partial charge in [0.1, 0.15) is 12.4 Å². The van der Waals surface area contributed by atoms with E-state index in [1.54, 1.807) is 11.8 Å². The van der Waals surface area contributed by atoms with Crippen LogP contribution < -0.4 is 10.1 Å². The maximum atomic E-state index is 5.75. The number of benzene rings is 1. The molecule has 0 bridgehead atoms. The van der Waals surface area contributed by atoms with Crippen molar-refractivity contribution in [3.8, 4) is 5.75 Å². The van der Waals surface area contributed by atoms with E-state index in [1.165, 1.54) is 23.3 Å². The summed E-state index contributed by atoms with van der Waals surface area (Å²) < 4.78 is 5.75. The molecule has 1 aromatic heterocycles. The molecule has 1 aliphatic rings. The van der Waals surface area contributed by atoms with Crippen LogP contribution in [0.1, 0.15) is 24.1 Å². The zero-order valence-corrected chi connectivity index (χ0v) is 13.0. The average molecular weight is 300 g/mol. The lowest BCUT2D eigenvalue weighted by Crippen LogP contribution is -2.15. The highest BCUT2D eigenvalue weighted by Gasteiger charge is 2.19. The molecule has 1 aliphatic carbocycles. The summed E-state index contributed by atoms with van der Waals surface area (Å²) in [5, 5.41) is 3.49. The second kappa shape index (κ2) is 6.96. The number of aromatic nitrogens is 1. The number of hydrogen-bond donors (Lipinski definition) is 1. The van der Waals surface area contributed by atoms with Gasteiger partial charge in [-0.1, -0.05) is 6.07 Å². The molecule has 1 saturated carbocycles. The number of nitrogens with one attached hydrogen (secondary N) is 1. The molecular formula is C17H20N2OS. The Balaban J connectivity index is 1.49. The molecule has 0 radical (unpaired) electrons. The van der Waals surface area contributed by atoms with Crippen molar-refractivity contribution in [3.05, 3.63) is 53.9 Å². The van der Waals surface area contributed by atoms with E-state index in [1.807, 2.05) is 24.4 Å². The van der Waals surface area contributed by atoms with Crippen molar-refractivity contribution < 1.29 is 4.74 Å². The quantitative estimate of drug-likeness (QED) is 0.792. The van der Waals surface area contributed by atoms with Crippen LogP contribution in [0.15, 0.2) is 47.5 Å². The molecular weight excluding hydrogens is 280 g/mol. The van der Waals surface area contributed by atoms with E-state index in [0.717, 1.165) is 24.0 Å². The summed E-state index contributed by atoms with van der Waals surface area (Å²) in [5.41, 5.74) is 2.19. The van der Waals surface area contributed by atoms with Gasteiger partial charge < -0.3 is 10.1 Å². The van der Waals surface area contributed by atoms with Gasteiger partial charge in [-0.15, -0.1) is 11.8 Å². The molecule has 3 rings (SSSR count). The first-order valence-corrected chi connectivity index (χ1v) is 8.50. The van der Waals surface area contributed by atoms with Crippen LogP contribution in [0.5, 0.6) is 5.75 Å². The normalized spacial score (nSPS) is 14.1. The van der Waals surface area contributed by atoms with Crippen molar-refractivity contribution in [1.82, 2.24) is 10.3 Å². The topological polar surface area (TPSA) is 34.1 Å². The standard InChI is InChI=1S/C17H20N2OS/c1-21-17-8-6-16(7-9-17)20-12-15-3-2-13(11-19-15)10-18-14-4-5-14/h2-3,6-9,11,14,18H,4-5,10,12H2,1H3. The molecule has 3 nitrogen and oxygen atoms in total. The molecule has 0 spiro atoms. The second-order valence-corrected chi connectivity index (χ2v) is 6.16. The fourth-order valence-electron chi connectivity index (χ4n) is 2.02. The van der Waals surface area contributed by atoms with Crippen molar-refractivity contribution in [2.24, 2.45) is 0 Å². The van der Waals surface area contributed by atoms with Gasteiger partial charge in [-0.3, -0.25) is 4.98 Å². The Bertz CT molecular complexity index is 564. The van der Waals surface area contributed by atoms with Gasteiger partial charge in [0, 0.05) is 23.7 Å². The lowest BCUT2D eigenvalue weighted by Gasteiger charge is -2.07. The van der Waals surface area contributed by atoms with Crippen molar-refractivity contribution in [3.63, 3.8) is 0 Å². The fourth-order valence-corrected chi connectivity index (χ4v) is 2.43. The third-order valence-corrected chi connectivity index (χ3v) is 4.25. The van der Waals surface area contributed by atoms with Gasteiger partial charge in [0.2, 0.25) is 0 Å². The van der Waals surface area contributed by atoms with E-state index >= 15 is 0 Å². The summed E-state index contributed by atoms with van der Waals surface area (Å²) in [6, 6.07) is 13.0. The highest BCUT2D eigenvalue weighted by molar-refractivity contribution is 7.98. The van der Waals surface area contributed by atoms with Gasteiger partial charge in [-0.25, -0.2) is 0 Å². The van der Waals surface area contributed by atoms with E-state index in [2.05, 4.69) is 34.8 Å². The molecule has 0 unspecified atom stereocenters. The first-order valence-electron chi connectivity index (χ1n) is 7.27. The highest BCUT2D eigenvalue weighted by Crippen LogP contribution is 2.20. The third-order valence-electron chi connectivity index (χ3n) is 3.50. The Morgan fingerprint density at radius 1 is 1.19 bits per heavy atom. The Morgan fingerprint density at radius 2 is 2.00 bits per heavy atom. The largest absolute Gasteiger partial charge is 0.487 e. The lowest BCUT2D eigenvalue weighted by atomic mass is 10.2. The maximum Gasteiger partial charge on any atom is 0.130 e. The van der Waals surface area contributed by atoms with Crippen LogP contribution in [0.4, 0.5) is 0 Å². The van der Waals surface area contributed by atoms with Gasteiger partial charge >= 0.3 is 0 Å². The predicted molar refractivity (Wildman–Crippen MR) is 86.7 cm³/mol. The smallest absolute Gasteiger partial charge is 0.130 e. The number of pyridine rings is 1. The maximum absolute atomic E-state index is 5.75. The van der Waals surface area contributed by atoms with Gasteiger partial charge in [0.25, 0.3) is 0 Å². The SMILES string of the molecule is CSc1ccc(OCc2ccc(CNC3CC3)cn2)cc1. The zero-order chi connectivity index (χ0) is 14.5. The zero-order valence-electron chi connectivity index (χ0n) is 12.2. The fraction of sp³-hybridized carbons (Fsp3) is 0.353. The monoisotopic (exact) mass is 300 g/mol. The molecule has 0 amide bonds. The average Bonchev–Trinajstić information content (AvgIpc) is 3.37. The number of nitrogens with zero attached hydrogens (tertiary/aromatic N) is 1. The van der Waals surface area contributed by atoms with Crippen LogP contribution in [0, 0.1) is 0 Å². The number of thioether (sulfide) groups is 1. The molecule has 0 aliphatic heterocycles. The summed E-state index contributed by atoms with van der Waals surface area (Å²) in [6.07, 6.45) is 6.63. The van der Waals surface area contributed by atoms with Gasteiger partial charge in [0.15, 0.2) is 0 Å². The highest BCUT2D eigenvalue weighted by atomic mass is 32.2. The molecule has 1 fully saturated rings. The van der Waals surface area contributed by atoms with Crippen LogP contribution in [0.25, 0.3) is 0 Å². The Morgan fingerprint density at radius 3 is 2.62 bits per heavy atom. The van der Waals surface area contributed by atoms with E-state index in [-0.39, 0.29) is 0 Å². The van der Waals surface area contributed by atoms with Crippen molar-refractivity contribution in [2.75, 3.05) is 6.26 Å². The van der Waals surface area contributed by atoms with E-state index in [0.29, 0.717) is 6.61 Å². The minimum atomic E-state index is 0.509. The van der Waals surface area contributed by atoms with Gasteiger partial charge in [-0.05, 0) is 55.0 Å². The molecule has 0 saturated heterocycles. The lowest BCUT2D eigenvalue weighted by molar-refractivity contribution is 0.301. The van der Waals surface area contributed by atoms with Crippen molar-refractivity contribution in [2.45, 2.75) is 36.9 Å². The number of rotatable bonds is 7. The Kier molecular flexibility index (Phi) is 4.78. The summed E-state index contributed by atoms with van der Waals surface area (Å²) >= 11 is 1.73. The third kappa shape index (κ3) is 4.48. The molecule has 1 aromatic carbocycles. The molecule has 110 valence electrons.